The molecule has 0 atom stereocenters. The van der Waals surface area contributed by atoms with Crippen LogP contribution in [-0.2, 0) is 22.6 Å². The predicted molar refractivity (Wildman–Crippen MR) is 109 cm³/mol. The van der Waals surface area contributed by atoms with Crippen LogP contribution in [0, 0.1) is 6.92 Å². The SMILES string of the molecule is Cc1ccc(C(=O)CCC(=O)NCc2ccccc2CN2CCOCC2)cc1. The van der Waals surface area contributed by atoms with Crippen molar-refractivity contribution in [1.29, 1.82) is 0 Å². The van der Waals surface area contributed by atoms with Crippen molar-refractivity contribution in [3.63, 3.8) is 0 Å². The average molecular weight is 380 g/mol. The van der Waals surface area contributed by atoms with E-state index in [1.807, 2.05) is 49.4 Å². The van der Waals surface area contributed by atoms with Gasteiger partial charge in [-0.3, -0.25) is 14.5 Å². The van der Waals surface area contributed by atoms with Gasteiger partial charge in [-0.15, -0.1) is 0 Å². The lowest BCUT2D eigenvalue weighted by molar-refractivity contribution is -0.121. The largest absolute Gasteiger partial charge is 0.379 e. The van der Waals surface area contributed by atoms with Crippen molar-refractivity contribution in [1.82, 2.24) is 10.2 Å². The number of carbonyl (C=O) groups excluding carboxylic acids is 2. The topological polar surface area (TPSA) is 58.6 Å². The first-order valence-electron chi connectivity index (χ1n) is 9.85. The molecule has 0 aliphatic carbocycles. The molecule has 0 radical (unpaired) electrons. The molecule has 0 aromatic heterocycles. The normalized spacial score (nSPS) is 14.6. The first-order chi connectivity index (χ1) is 13.6. The number of amides is 1. The van der Waals surface area contributed by atoms with E-state index in [0.717, 1.165) is 44.0 Å². The minimum absolute atomic E-state index is 0.00266. The summed E-state index contributed by atoms with van der Waals surface area (Å²) >= 11 is 0. The molecule has 2 aromatic rings. The number of hydrogen-bond acceptors (Lipinski definition) is 4. The molecule has 1 amide bonds. The highest BCUT2D eigenvalue weighted by molar-refractivity contribution is 5.97. The van der Waals surface area contributed by atoms with Gasteiger partial charge in [-0.05, 0) is 18.1 Å². The number of ketones is 1. The molecular formula is C23H28N2O3. The van der Waals surface area contributed by atoms with Crippen LogP contribution in [0.25, 0.3) is 0 Å². The number of benzene rings is 2. The van der Waals surface area contributed by atoms with Crippen LogP contribution in [0.1, 0.15) is 39.9 Å². The van der Waals surface area contributed by atoms with Crippen molar-refractivity contribution >= 4 is 11.7 Å². The van der Waals surface area contributed by atoms with Crippen LogP contribution < -0.4 is 5.32 Å². The van der Waals surface area contributed by atoms with Crippen LogP contribution in [0.4, 0.5) is 0 Å². The van der Waals surface area contributed by atoms with Gasteiger partial charge >= 0.3 is 0 Å². The summed E-state index contributed by atoms with van der Waals surface area (Å²) in [5, 5.41) is 2.96. The van der Waals surface area contributed by atoms with Crippen LogP contribution in [0.5, 0.6) is 0 Å². The standard InChI is InChI=1S/C23H28N2O3/c1-18-6-8-19(9-7-18)22(26)10-11-23(27)24-16-20-4-2-3-5-21(20)17-25-12-14-28-15-13-25/h2-9H,10-17H2,1H3,(H,24,27). The zero-order valence-electron chi connectivity index (χ0n) is 16.4. The van der Waals surface area contributed by atoms with Crippen molar-refractivity contribution in [2.45, 2.75) is 32.9 Å². The van der Waals surface area contributed by atoms with Gasteiger partial charge in [0.05, 0.1) is 13.2 Å². The number of carbonyl (C=O) groups is 2. The first-order valence-corrected chi connectivity index (χ1v) is 9.85. The third-order valence-electron chi connectivity index (χ3n) is 5.04. The number of nitrogens with zero attached hydrogens (tertiary/aromatic N) is 1. The van der Waals surface area contributed by atoms with E-state index in [9.17, 15) is 9.59 Å². The van der Waals surface area contributed by atoms with E-state index < -0.39 is 0 Å². The second-order valence-electron chi connectivity index (χ2n) is 7.22. The highest BCUT2D eigenvalue weighted by Gasteiger charge is 2.13. The van der Waals surface area contributed by atoms with Crippen molar-refractivity contribution in [2.75, 3.05) is 26.3 Å². The molecule has 5 nitrogen and oxygen atoms in total. The van der Waals surface area contributed by atoms with E-state index in [-0.39, 0.29) is 24.5 Å². The van der Waals surface area contributed by atoms with Gasteiger partial charge in [0.15, 0.2) is 5.78 Å². The molecule has 1 aliphatic heterocycles. The molecular weight excluding hydrogens is 352 g/mol. The minimum atomic E-state index is -0.0957. The summed E-state index contributed by atoms with van der Waals surface area (Å²) in [7, 11) is 0. The van der Waals surface area contributed by atoms with Gasteiger partial charge in [0.2, 0.25) is 5.91 Å². The molecule has 1 saturated heterocycles. The van der Waals surface area contributed by atoms with Crippen LogP contribution in [0.15, 0.2) is 48.5 Å². The fourth-order valence-corrected chi connectivity index (χ4v) is 3.28. The Balaban J connectivity index is 1.47. The van der Waals surface area contributed by atoms with Gasteiger partial charge in [0.1, 0.15) is 0 Å². The monoisotopic (exact) mass is 380 g/mol. The van der Waals surface area contributed by atoms with E-state index in [4.69, 9.17) is 4.74 Å². The zero-order chi connectivity index (χ0) is 19.8. The molecule has 5 heteroatoms. The Morgan fingerprint density at radius 2 is 1.64 bits per heavy atom. The number of hydrogen-bond donors (Lipinski definition) is 1. The fourth-order valence-electron chi connectivity index (χ4n) is 3.28. The second-order valence-corrected chi connectivity index (χ2v) is 7.22. The maximum absolute atomic E-state index is 12.2. The van der Waals surface area contributed by atoms with Crippen LogP contribution in [0.3, 0.4) is 0 Å². The zero-order valence-corrected chi connectivity index (χ0v) is 16.4. The van der Waals surface area contributed by atoms with E-state index in [0.29, 0.717) is 12.1 Å². The van der Waals surface area contributed by atoms with E-state index in [1.54, 1.807) is 0 Å². The van der Waals surface area contributed by atoms with Gasteiger partial charge in [-0.1, -0.05) is 54.1 Å². The highest BCUT2D eigenvalue weighted by atomic mass is 16.5. The maximum atomic E-state index is 12.2. The summed E-state index contributed by atoms with van der Waals surface area (Å²) in [5.74, 6) is -0.0931. The molecule has 0 spiro atoms. The van der Waals surface area contributed by atoms with Crippen LogP contribution in [-0.4, -0.2) is 42.9 Å². The summed E-state index contributed by atoms with van der Waals surface area (Å²) in [6, 6.07) is 15.6. The maximum Gasteiger partial charge on any atom is 0.220 e. The molecule has 28 heavy (non-hydrogen) atoms. The number of Topliss-reactive ketones (excluding diaryl/α,β-unsaturated/α-hetero) is 1. The molecule has 0 unspecified atom stereocenters. The summed E-state index contributed by atoms with van der Waals surface area (Å²) in [6.07, 6.45) is 0.433. The van der Waals surface area contributed by atoms with E-state index >= 15 is 0 Å². The predicted octanol–water partition coefficient (Wildman–Crippen LogP) is 3.11. The van der Waals surface area contributed by atoms with Crippen molar-refractivity contribution in [3.8, 4) is 0 Å². The Bertz CT molecular complexity index is 796. The fraction of sp³-hybridized carbons (Fsp3) is 0.391. The number of aryl methyl sites for hydroxylation is 1. The number of rotatable bonds is 8. The Morgan fingerprint density at radius 1 is 0.964 bits per heavy atom. The quantitative estimate of drug-likeness (QED) is 0.715. The summed E-state index contributed by atoms with van der Waals surface area (Å²) in [6.45, 7) is 6.74. The minimum Gasteiger partial charge on any atom is -0.379 e. The summed E-state index contributed by atoms with van der Waals surface area (Å²) in [5.41, 5.74) is 4.12. The van der Waals surface area contributed by atoms with E-state index in [1.165, 1.54) is 5.56 Å². The lowest BCUT2D eigenvalue weighted by Crippen LogP contribution is -2.36. The Kier molecular flexibility index (Phi) is 7.34. The Morgan fingerprint density at radius 3 is 2.36 bits per heavy atom. The lowest BCUT2D eigenvalue weighted by atomic mass is 10.0. The van der Waals surface area contributed by atoms with Crippen molar-refractivity contribution < 1.29 is 14.3 Å². The molecule has 0 bridgehead atoms. The van der Waals surface area contributed by atoms with Crippen LogP contribution >= 0.6 is 0 Å². The third kappa shape index (κ3) is 6.01. The van der Waals surface area contributed by atoms with Gasteiger partial charge < -0.3 is 10.1 Å². The second kappa shape index (κ2) is 10.2. The highest BCUT2D eigenvalue weighted by Crippen LogP contribution is 2.13. The summed E-state index contributed by atoms with van der Waals surface area (Å²) < 4.78 is 5.40. The van der Waals surface area contributed by atoms with Crippen molar-refractivity contribution in [3.05, 3.63) is 70.8 Å². The lowest BCUT2D eigenvalue weighted by Gasteiger charge is -2.27. The Labute approximate surface area is 166 Å². The average Bonchev–Trinajstić information content (AvgIpc) is 2.72. The smallest absolute Gasteiger partial charge is 0.220 e. The number of ether oxygens (including phenoxy) is 1. The van der Waals surface area contributed by atoms with Crippen LogP contribution in [0.2, 0.25) is 0 Å². The first kappa shape index (κ1) is 20.2. The molecule has 2 aromatic carbocycles. The van der Waals surface area contributed by atoms with E-state index in [2.05, 4.69) is 16.3 Å². The molecule has 0 saturated carbocycles. The third-order valence-corrected chi connectivity index (χ3v) is 5.04. The van der Waals surface area contributed by atoms with Crippen molar-refractivity contribution in [2.24, 2.45) is 0 Å². The molecule has 148 valence electrons. The molecule has 1 N–H and O–H groups in total. The molecule has 1 fully saturated rings. The van der Waals surface area contributed by atoms with Gasteiger partial charge in [-0.2, -0.15) is 0 Å². The molecule has 1 aliphatic rings. The Hall–Kier alpha value is -2.50. The summed E-state index contributed by atoms with van der Waals surface area (Å²) in [4.78, 5) is 26.8. The molecule has 1 heterocycles. The molecule has 3 rings (SSSR count). The number of morpholine rings is 1. The van der Waals surface area contributed by atoms with Gasteiger partial charge in [0, 0.05) is 44.6 Å². The van der Waals surface area contributed by atoms with Gasteiger partial charge in [-0.25, -0.2) is 0 Å². The van der Waals surface area contributed by atoms with Gasteiger partial charge in [0.25, 0.3) is 0 Å². The number of nitrogens with one attached hydrogen (secondary N) is 1.